The lowest BCUT2D eigenvalue weighted by molar-refractivity contribution is -0.321. The number of amides is 4. The highest BCUT2D eigenvalue weighted by Gasteiger charge is 2.69. The summed E-state index contributed by atoms with van der Waals surface area (Å²) in [4.78, 5) is 65.6. The number of nitrogens with one attached hydrogen (secondary N) is 2. The number of primary amides is 1. The molecule has 0 spiro atoms. The van der Waals surface area contributed by atoms with E-state index in [0.717, 1.165) is 4.90 Å². The van der Waals surface area contributed by atoms with Crippen LogP contribution in [-0.2, 0) is 28.7 Å². The number of alkyl halides is 6. The molecule has 4 fully saturated rings. The molecule has 39 heavy (non-hydrogen) atoms. The van der Waals surface area contributed by atoms with Crippen molar-refractivity contribution in [3.63, 3.8) is 0 Å². The third-order valence-electron chi connectivity index (χ3n) is 8.48. The molecule has 4 N–H and O–H groups in total. The Balaban J connectivity index is 1.77. The van der Waals surface area contributed by atoms with Gasteiger partial charge in [-0.2, -0.15) is 13.2 Å². The summed E-state index contributed by atoms with van der Waals surface area (Å²) in [5.74, 6) is -10.2. The first-order valence-corrected chi connectivity index (χ1v) is 12.6. The minimum absolute atomic E-state index is 0.185. The van der Waals surface area contributed by atoms with Crippen LogP contribution in [-0.4, -0.2) is 77.6 Å². The quantitative estimate of drug-likeness (QED) is 0.352. The lowest BCUT2D eigenvalue weighted by Crippen LogP contribution is -2.68. The van der Waals surface area contributed by atoms with Gasteiger partial charge in [-0.15, -0.1) is 13.2 Å². The Morgan fingerprint density at radius 3 is 2.28 bits per heavy atom. The smallest absolute Gasteiger partial charge is 0.368 e. The summed E-state index contributed by atoms with van der Waals surface area (Å²) < 4.78 is 81.3. The fourth-order valence-electron chi connectivity index (χ4n) is 6.63. The lowest BCUT2D eigenvalue weighted by Gasteiger charge is -2.46. The first kappa shape index (κ1) is 29.1. The van der Waals surface area contributed by atoms with Gasteiger partial charge < -0.3 is 21.3 Å². The summed E-state index contributed by atoms with van der Waals surface area (Å²) in [7, 11) is 0. The first-order valence-electron chi connectivity index (χ1n) is 12.6. The van der Waals surface area contributed by atoms with Gasteiger partial charge in [0.25, 0.3) is 0 Å². The molecule has 2 aliphatic heterocycles. The predicted octanol–water partition coefficient (Wildman–Crippen LogP) is 0.928. The molecule has 2 saturated heterocycles. The molecular formula is C23H28F6N4O6. The number of ketones is 1. The summed E-state index contributed by atoms with van der Waals surface area (Å²) in [5.41, 5.74) is 1.63. The van der Waals surface area contributed by atoms with E-state index in [2.05, 4.69) is 10.1 Å². The molecule has 4 aliphatic rings. The van der Waals surface area contributed by atoms with Crippen LogP contribution in [0, 0.1) is 23.7 Å². The van der Waals surface area contributed by atoms with Crippen LogP contribution in [0.25, 0.3) is 0 Å². The average Bonchev–Trinajstić information content (AvgIpc) is 3.12. The standard InChI is InChI=1S/C23H28F6N4O6/c24-22(25,26)18(37)32-20(5-6-20)19(38)33-9-12-2-1-3-13(12)21(33,17(30)36)14(8-11-4-7-31-16(11)35)15(34)10-39-23(27,28)29/h11-14H,1-10H2,(H2,30,36)(H,31,35)(H,32,37)/t11-,12?,13?,14-,21?/m1/s1. The fourth-order valence-corrected chi connectivity index (χ4v) is 6.63. The van der Waals surface area contributed by atoms with E-state index in [0.29, 0.717) is 12.8 Å². The van der Waals surface area contributed by atoms with E-state index >= 15 is 0 Å². The number of rotatable bonds is 9. The van der Waals surface area contributed by atoms with Gasteiger partial charge in [0, 0.05) is 19.0 Å². The minimum atomic E-state index is -5.30. The molecule has 0 aromatic heterocycles. The molecule has 0 aromatic carbocycles. The maximum absolute atomic E-state index is 13.8. The van der Waals surface area contributed by atoms with Gasteiger partial charge in [0.15, 0.2) is 5.78 Å². The van der Waals surface area contributed by atoms with Crippen LogP contribution >= 0.6 is 0 Å². The molecule has 4 rings (SSSR count). The predicted molar refractivity (Wildman–Crippen MR) is 117 cm³/mol. The van der Waals surface area contributed by atoms with E-state index in [1.54, 1.807) is 5.32 Å². The molecule has 16 heteroatoms. The van der Waals surface area contributed by atoms with Gasteiger partial charge in [-0.25, -0.2) is 0 Å². The number of ether oxygens (including phenoxy) is 1. The summed E-state index contributed by atoms with van der Waals surface area (Å²) in [5, 5.41) is 4.23. The average molecular weight is 570 g/mol. The monoisotopic (exact) mass is 570 g/mol. The van der Waals surface area contributed by atoms with Crippen molar-refractivity contribution in [3.05, 3.63) is 0 Å². The Hall–Kier alpha value is -2.91. The Morgan fingerprint density at radius 1 is 1.10 bits per heavy atom. The number of hydrogen-bond donors (Lipinski definition) is 3. The summed E-state index contributed by atoms with van der Waals surface area (Å²) in [6.07, 6.45) is -9.83. The maximum atomic E-state index is 13.8. The number of halogens is 6. The molecule has 3 unspecified atom stereocenters. The number of fused-ring (bicyclic) bond motifs is 1. The van der Waals surface area contributed by atoms with E-state index in [4.69, 9.17) is 5.73 Å². The lowest BCUT2D eigenvalue weighted by atomic mass is 9.67. The van der Waals surface area contributed by atoms with Crippen LogP contribution in [0.1, 0.15) is 44.9 Å². The second-order valence-corrected chi connectivity index (χ2v) is 10.7. The number of carbonyl (C=O) groups is 5. The summed E-state index contributed by atoms with van der Waals surface area (Å²) in [6.45, 7) is -1.50. The number of hydrogen-bond acceptors (Lipinski definition) is 6. The van der Waals surface area contributed by atoms with E-state index in [-0.39, 0.29) is 38.8 Å². The molecule has 4 amide bonds. The molecule has 2 saturated carbocycles. The van der Waals surface area contributed by atoms with E-state index in [9.17, 15) is 50.3 Å². The normalized spacial score (nSPS) is 30.5. The molecular weight excluding hydrogens is 542 g/mol. The van der Waals surface area contributed by atoms with Crippen LogP contribution in [0.4, 0.5) is 26.3 Å². The molecule has 2 aliphatic carbocycles. The van der Waals surface area contributed by atoms with Gasteiger partial charge in [-0.1, -0.05) is 6.42 Å². The van der Waals surface area contributed by atoms with Gasteiger partial charge >= 0.3 is 18.4 Å². The highest BCUT2D eigenvalue weighted by atomic mass is 19.4. The zero-order valence-electron chi connectivity index (χ0n) is 20.6. The van der Waals surface area contributed by atoms with Crippen LogP contribution in [0.5, 0.6) is 0 Å². The second kappa shape index (κ2) is 9.93. The van der Waals surface area contributed by atoms with Crippen LogP contribution in [0.15, 0.2) is 0 Å². The third kappa shape index (κ3) is 5.31. The number of likely N-dealkylation sites (tertiary alicyclic amines) is 1. The Labute approximate surface area is 218 Å². The second-order valence-electron chi connectivity index (χ2n) is 10.7. The minimum Gasteiger partial charge on any atom is -0.368 e. The fraction of sp³-hybridized carbons (Fsp3) is 0.783. The molecule has 0 aromatic rings. The Morgan fingerprint density at radius 2 is 1.77 bits per heavy atom. The van der Waals surface area contributed by atoms with Crippen molar-refractivity contribution in [2.75, 3.05) is 19.7 Å². The molecule has 10 nitrogen and oxygen atoms in total. The summed E-state index contributed by atoms with van der Waals surface area (Å²) >= 11 is 0. The van der Waals surface area contributed by atoms with Gasteiger partial charge in [0.2, 0.25) is 17.7 Å². The molecule has 218 valence electrons. The highest BCUT2D eigenvalue weighted by molar-refractivity contribution is 6.02. The Bertz CT molecular complexity index is 1060. The van der Waals surface area contributed by atoms with Crippen LogP contribution < -0.4 is 16.4 Å². The number of nitrogens with two attached hydrogens (primary N) is 1. The molecule has 2 heterocycles. The number of nitrogens with zero attached hydrogens (tertiary/aromatic N) is 1. The molecule has 0 bridgehead atoms. The SMILES string of the molecule is NC(=O)C1([C@H](C[C@H]2CCNC2=O)C(=O)COC(F)(F)F)C2CCCC2CN1C(=O)C1(NC(=O)C(F)(F)F)CC1. The van der Waals surface area contributed by atoms with Crippen LogP contribution in [0.3, 0.4) is 0 Å². The van der Waals surface area contributed by atoms with Crippen molar-refractivity contribution >= 4 is 29.4 Å². The van der Waals surface area contributed by atoms with Crippen molar-refractivity contribution < 1.29 is 55.1 Å². The molecule has 0 radical (unpaired) electrons. The van der Waals surface area contributed by atoms with E-state index < -0.39 is 89.7 Å². The third-order valence-corrected chi connectivity index (χ3v) is 8.48. The van der Waals surface area contributed by atoms with Crippen molar-refractivity contribution in [2.24, 2.45) is 29.4 Å². The van der Waals surface area contributed by atoms with Crippen molar-refractivity contribution in [1.29, 1.82) is 0 Å². The van der Waals surface area contributed by atoms with E-state index in [1.165, 1.54) is 0 Å². The first-order chi connectivity index (χ1) is 18.0. The maximum Gasteiger partial charge on any atom is 0.522 e. The zero-order chi connectivity index (χ0) is 29.0. The van der Waals surface area contributed by atoms with Crippen molar-refractivity contribution in [3.8, 4) is 0 Å². The molecule has 5 atom stereocenters. The highest BCUT2D eigenvalue weighted by Crippen LogP contribution is 2.55. The zero-order valence-corrected chi connectivity index (χ0v) is 20.6. The van der Waals surface area contributed by atoms with Crippen molar-refractivity contribution in [2.45, 2.75) is 68.6 Å². The Kier molecular flexibility index (Phi) is 7.40. The van der Waals surface area contributed by atoms with E-state index in [1.807, 2.05) is 0 Å². The number of Topliss-reactive ketones (excluding diaryl/α,β-unsaturated/α-hetero) is 1. The van der Waals surface area contributed by atoms with Gasteiger partial charge in [0.1, 0.15) is 17.7 Å². The van der Waals surface area contributed by atoms with Crippen LogP contribution in [0.2, 0.25) is 0 Å². The van der Waals surface area contributed by atoms with Gasteiger partial charge in [-0.3, -0.25) is 28.7 Å². The topological polar surface area (TPSA) is 148 Å². The van der Waals surface area contributed by atoms with Crippen molar-refractivity contribution in [1.82, 2.24) is 15.5 Å². The number of carbonyl (C=O) groups excluding carboxylic acids is 5. The summed E-state index contributed by atoms with van der Waals surface area (Å²) in [6, 6.07) is 0. The van der Waals surface area contributed by atoms with Gasteiger partial charge in [0.05, 0.1) is 5.92 Å². The van der Waals surface area contributed by atoms with Gasteiger partial charge in [-0.05, 0) is 50.4 Å². The largest absolute Gasteiger partial charge is 0.522 e.